The smallest absolute Gasteiger partial charge is 0.209 e. The van der Waals surface area contributed by atoms with Crippen molar-refractivity contribution in [3.05, 3.63) is 63.1 Å². The summed E-state index contributed by atoms with van der Waals surface area (Å²) >= 11 is 6.99. The van der Waals surface area contributed by atoms with Crippen molar-refractivity contribution in [3.63, 3.8) is 0 Å². The van der Waals surface area contributed by atoms with Gasteiger partial charge >= 0.3 is 0 Å². The quantitative estimate of drug-likeness (QED) is 0.557. The molecule has 1 heterocycles. The zero-order valence-corrected chi connectivity index (χ0v) is 17.7. The highest BCUT2D eigenvalue weighted by molar-refractivity contribution is 7.73. The molecule has 2 aromatic carbocycles. The third-order valence-corrected chi connectivity index (χ3v) is 5.66. The first-order chi connectivity index (χ1) is 13.0. The SMILES string of the molecule is COc1ccc(CN(C)Cn2nc(Nc3cccc(C)c3C)sc2=S)cc1. The molecular formula is C20H24N4OS2. The van der Waals surface area contributed by atoms with Gasteiger partial charge in [-0.15, -0.1) is 5.10 Å². The lowest BCUT2D eigenvalue weighted by Crippen LogP contribution is -2.22. The standard InChI is InChI=1S/C20H24N4OS2/c1-14-6-5-7-18(15(14)2)21-19-22-24(20(26)27-19)13-23(3)12-16-8-10-17(25-4)11-9-16/h5-11H,12-13H2,1-4H3,(H,21,22). The largest absolute Gasteiger partial charge is 0.497 e. The van der Waals surface area contributed by atoms with E-state index in [0.29, 0.717) is 6.67 Å². The van der Waals surface area contributed by atoms with Crippen molar-refractivity contribution in [1.29, 1.82) is 0 Å². The number of nitrogens with one attached hydrogen (secondary N) is 1. The van der Waals surface area contributed by atoms with Crippen molar-refractivity contribution in [2.75, 3.05) is 19.5 Å². The second kappa shape index (κ2) is 8.65. The molecule has 0 saturated carbocycles. The molecular weight excluding hydrogens is 376 g/mol. The van der Waals surface area contributed by atoms with E-state index in [9.17, 15) is 0 Å². The lowest BCUT2D eigenvalue weighted by atomic mass is 10.1. The van der Waals surface area contributed by atoms with E-state index in [2.05, 4.69) is 60.5 Å². The molecule has 0 fully saturated rings. The van der Waals surface area contributed by atoms with Gasteiger partial charge in [0.2, 0.25) is 5.13 Å². The van der Waals surface area contributed by atoms with Crippen LogP contribution in [-0.4, -0.2) is 28.8 Å². The van der Waals surface area contributed by atoms with Crippen LogP contribution >= 0.6 is 23.6 Å². The molecule has 0 unspecified atom stereocenters. The Morgan fingerprint density at radius 1 is 1.19 bits per heavy atom. The topological polar surface area (TPSA) is 42.3 Å². The van der Waals surface area contributed by atoms with Crippen LogP contribution in [0.15, 0.2) is 42.5 Å². The average Bonchev–Trinajstić information content (AvgIpc) is 2.98. The maximum Gasteiger partial charge on any atom is 0.209 e. The third kappa shape index (κ3) is 4.94. The first kappa shape index (κ1) is 19.5. The normalized spacial score (nSPS) is 11.0. The van der Waals surface area contributed by atoms with Crippen LogP contribution < -0.4 is 10.1 Å². The molecule has 3 rings (SSSR count). The zero-order valence-electron chi connectivity index (χ0n) is 16.0. The van der Waals surface area contributed by atoms with E-state index in [1.54, 1.807) is 7.11 Å². The predicted molar refractivity (Wildman–Crippen MR) is 115 cm³/mol. The fourth-order valence-corrected chi connectivity index (χ4v) is 3.77. The lowest BCUT2D eigenvalue weighted by molar-refractivity contribution is 0.245. The van der Waals surface area contributed by atoms with Gasteiger partial charge in [0.1, 0.15) is 5.75 Å². The highest BCUT2D eigenvalue weighted by atomic mass is 32.1. The molecule has 27 heavy (non-hydrogen) atoms. The van der Waals surface area contributed by atoms with E-state index >= 15 is 0 Å². The van der Waals surface area contributed by atoms with Gasteiger partial charge in [-0.25, -0.2) is 4.68 Å². The Kier molecular flexibility index (Phi) is 6.26. The highest BCUT2D eigenvalue weighted by Crippen LogP contribution is 2.25. The van der Waals surface area contributed by atoms with Gasteiger partial charge in [0.05, 0.1) is 13.8 Å². The molecule has 5 nitrogen and oxygen atoms in total. The molecule has 1 aromatic heterocycles. The summed E-state index contributed by atoms with van der Waals surface area (Å²) in [5.41, 5.74) is 4.76. The Hall–Kier alpha value is -2.22. The van der Waals surface area contributed by atoms with Gasteiger partial charge in [0, 0.05) is 12.2 Å². The minimum Gasteiger partial charge on any atom is -0.497 e. The Morgan fingerprint density at radius 2 is 1.93 bits per heavy atom. The molecule has 0 aliphatic rings. The first-order valence-corrected chi connectivity index (χ1v) is 9.91. The van der Waals surface area contributed by atoms with Gasteiger partial charge < -0.3 is 10.1 Å². The number of rotatable bonds is 7. The summed E-state index contributed by atoms with van der Waals surface area (Å²) in [5.74, 6) is 0.866. The maximum atomic E-state index is 5.50. The van der Waals surface area contributed by atoms with Gasteiger partial charge in [-0.05, 0) is 68.0 Å². The predicted octanol–water partition coefficient (Wildman–Crippen LogP) is 5.13. The molecule has 7 heteroatoms. The molecule has 0 bridgehead atoms. The monoisotopic (exact) mass is 400 g/mol. The second-order valence-corrected chi connectivity index (χ2v) is 8.17. The molecule has 0 saturated heterocycles. The molecule has 142 valence electrons. The van der Waals surface area contributed by atoms with E-state index in [4.69, 9.17) is 17.0 Å². The van der Waals surface area contributed by atoms with Crippen molar-refractivity contribution < 1.29 is 4.74 Å². The number of aromatic nitrogens is 2. The Balaban J connectivity index is 1.66. The van der Waals surface area contributed by atoms with E-state index in [1.165, 1.54) is 28.0 Å². The van der Waals surface area contributed by atoms with Gasteiger partial charge in [-0.3, -0.25) is 4.90 Å². The number of methoxy groups -OCH3 is 1. The molecule has 0 aliphatic carbocycles. The summed E-state index contributed by atoms with van der Waals surface area (Å²) < 4.78 is 7.82. The first-order valence-electron chi connectivity index (χ1n) is 8.69. The number of ether oxygens (including phenoxy) is 1. The minimum atomic E-state index is 0.635. The van der Waals surface area contributed by atoms with Crippen molar-refractivity contribution in [2.45, 2.75) is 27.1 Å². The van der Waals surface area contributed by atoms with E-state index in [-0.39, 0.29) is 0 Å². The van der Waals surface area contributed by atoms with Crippen LogP contribution in [0.2, 0.25) is 0 Å². The number of hydrogen-bond acceptors (Lipinski definition) is 6. The van der Waals surface area contributed by atoms with E-state index in [0.717, 1.165) is 27.1 Å². The summed E-state index contributed by atoms with van der Waals surface area (Å²) in [4.78, 5) is 2.18. The Labute approximate surface area is 169 Å². The van der Waals surface area contributed by atoms with Gasteiger partial charge in [0.15, 0.2) is 3.95 Å². The van der Waals surface area contributed by atoms with Crippen LogP contribution in [-0.2, 0) is 13.2 Å². The van der Waals surface area contributed by atoms with Crippen molar-refractivity contribution in [2.24, 2.45) is 0 Å². The number of aryl methyl sites for hydroxylation is 1. The van der Waals surface area contributed by atoms with Crippen molar-refractivity contribution >= 4 is 34.4 Å². The minimum absolute atomic E-state index is 0.635. The summed E-state index contributed by atoms with van der Waals surface area (Å²) in [7, 11) is 3.73. The fourth-order valence-electron chi connectivity index (χ4n) is 2.77. The number of benzene rings is 2. The third-order valence-electron chi connectivity index (χ3n) is 4.44. The van der Waals surface area contributed by atoms with Crippen LogP contribution in [0.5, 0.6) is 5.75 Å². The fraction of sp³-hybridized carbons (Fsp3) is 0.300. The van der Waals surface area contributed by atoms with Crippen molar-refractivity contribution in [3.8, 4) is 5.75 Å². The molecule has 0 aliphatic heterocycles. The number of nitrogens with zero attached hydrogens (tertiary/aromatic N) is 3. The summed E-state index contributed by atoms with van der Waals surface area (Å²) in [5, 5.41) is 8.85. The molecule has 0 spiro atoms. The van der Waals surface area contributed by atoms with Crippen LogP contribution in [0, 0.1) is 17.8 Å². The number of anilines is 2. The average molecular weight is 401 g/mol. The van der Waals surface area contributed by atoms with Crippen LogP contribution in [0.4, 0.5) is 10.8 Å². The van der Waals surface area contributed by atoms with E-state index in [1.807, 2.05) is 22.9 Å². The van der Waals surface area contributed by atoms with Crippen LogP contribution in [0.1, 0.15) is 16.7 Å². The maximum absolute atomic E-state index is 5.50. The zero-order chi connectivity index (χ0) is 19.4. The molecule has 1 N–H and O–H groups in total. The Morgan fingerprint density at radius 3 is 2.63 bits per heavy atom. The van der Waals surface area contributed by atoms with Crippen molar-refractivity contribution in [1.82, 2.24) is 14.7 Å². The summed E-state index contributed by atoms with van der Waals surface area (Å²) in [6.07, 6.45) is 0. The van der Waals surface area contributed by atoms with E-state index < -0.39 is 0 Å². The van der Waals surface area contributed by atoms with Gasteiger partial charge in [0.25, 0.3) is 0 Å². The van der Waals surface area contributed by atoms with Crippen LogP contribution in [0.25, 0.3) is 0 Å². The lowest BCUT2D eigenvalue weighted by Gasteiger charge is -2.16. The molecule has 0 atom stereocenters. The second-order valence-electron chi connectivity index (χ2n) is 6.55. The molecule has 0 radical (unpaired) electrons. The van der Waals surface area contributed by atoms with Crippen LogP contribution in [0.3, 0.4) is 0 Å². The van der Waals surface area contributed by atoms with Gasteiger partial charge in [-0.2, -0.15) is 0 Å². The van der Waals surface area contributed by atoms with Gasteiger partial charge in [-0.1, -0.05) is 35.6 Å². The molecule has 3 aromatic rings. The number of hydrogen-bond donors (Lipinski definition) is 1. The molecule has 0 amide bonds. The Bertz CT molecular complexity index is 963. The highest BCUT2D eigenvalue weighted by Gasteiger charge is 2.09. The summed E-state index contributed by atoms with van der Waals surface area (Å²) in [6, 6.07) is 14.3. The summed E-state index contributed by atoms with van der Waals surface area (Å²) in [6.45, 7) is 5.66.